The van der Waals surface area contributed by atoms with E-state index in [0.29, 0.717) is 13.2 Å². The second-order valence-electron chi connectivity index (χ2n) is 6.61. The van der Waals surface area contributed by atoms with E-state index in [-0.39, 0.29) is 36.0 Å². The van der Waals surface area contributed by atoms with Gasteiger partial charge in [0.05, 0.1) is 6.54 Å². The lowest BCUT2D eigenvalue weighted by molar-refractivity contribution is -0.142. The van der Waals surface area contributed by atoms with Gasteiger partial charge in [0, 0.05) is 43.8 Å². The average molecular weight is 551 g/mol. The molecule has 0 bridgehead atoms. The van der Waals surface area contributed by atoms with Crippen molar-refractivity contribution >= 4 is 51.8 Å². The van der Waals surface area contributed by atoms with Gasteiger partial charge in [-0.15, -0.1) is 24.0 Å². The van der Waals surface area contributed by atoms with Gasteiger partial charge < -0.3 is 19.9 Å². The second kappa shape index (κ2) is 11.2. The molecule has 0 aliphatic carbocycles. The standard InChI is InChI=1S/C19H27BrN4O2.HI/c1-2-21-19(22-14-15-5-3-6-16(20)13-15)24-10-8-23(9-11-24)18(25)17-7-4-12-26-17;/h3,5-6,13,17H,2,4,7-12,14H2,1H3,(H,21,22);1H. The van der Waals surface area contributed by atoms with Gasteiger partial charge >= 0.3 is 0 Å². The van der Waals surface area contributed by atoms with Crippen LogP contribution >= 0.6 is 39.9 Å². The maximum atomic E-state index is 12.5. The second-order valence-corrected chi connectivity index (χ2v) is 7.53. The van der Waals surface area contributed by atoms with Crippen LogP contribution in [-0.2, 0) is 16.1 Å². The highest BCUT2D eigenvalue weighted by molar-refractivity contribution is 14.0. The molecule has 1 aromatic carbocycles. The van der Waals surface area contributed by atoms with E-state index in [0.717, 1.165) is 56.0 Å². The third-order valence-electron chi connectivity index (χ3n) is 4.73. The molecule has 2 saturated heterocycles. The summed E-state index contributed by atoms with van der Waals surface area (Å²) in [5, 5.41) is 3.37. The lowest BCUT2D eigenvalue weighted by Gasteiger charge is -2.37. The van der Waals surface area contributed by atoms with Gasteiger partial charge in [0.15, 0.2) is 5.96 Å². The van der Waals surface area contributed by atoms with Crippen LogP contribution < -0.4 is 5.32 Å². The Morgan fingerprint density at radius 3 is 2.67 bits per heavy atom. The highest BCUT2D eigenvalue weighted by Gasteiger charge is 2.30. The van der Waals surface area contributed by atoms with Crippen LogP contribution in [0.4, 0.5) is 0 Å². The van der Waals surface area contributed by atoms with Gasteiger partial charge in [-0.1, -0.05) is 28.1 Å². The van der Waals surface area contributed by atoms with Crippen LogP contribution in [-0.4, -0.2) is 67.1 Å². The number of nitrogens with zero attached hydrogens (tertiary/aromatic N) is 3. The first-order valence-corrected chi connectivity index (χ1v) is 10.1. The van der Waals surface area contributed by atoms with Crippen LogP contribution in [0.1, 0.15) is 25.3 Å². The first-order valence-electron chi connectivity index (χ1n) is 9.35. The van der Waals surface area contributed by atoms with Crippen molar-refractivity contribution in [3.05, 3.63) is 34.3 Å². The number of benzene rings is 1. The molecule has 27 heavy (non-hydrogen) atoms. The van der Waals surface area contributed by atoms with Gasteiger partial charge in [-0.25, -0.2) is 4.99 Å². The van der Waals surface area contributed by atoms with E-state index >= 15 is 0 Å². The number of amides is 1. The molecule has 0 spiro atoms. The van der Waals surface area contributed by atoms with E-state index in [2.05, 4.69) is 45.2 Å². The molecule has 2 fully saturated rings. The van der Waals surface area contributed by atoms with Gasteiger partial charge in [0.25, 0.3) is 5.91 Å². The Morgan fingerprint density at radius 1 is 1.30 bits per heavy atom. The molecule has 2 aliphatic rings. The minimum absolute atomic E-state index is 0. The zero-order valence-electron chi connectivity index (χ0n) is 15.7. The molecule has 150 valence electrons. The molecule has 0 radical (unpaired) electrons. The number of carbonyl (C=O) groups excluding carboxylic acids is 1. The summed E-state index contributed by atoms with van der Waals surface area (Å²) >= 11 is 3.50. The predicted octanol–water partition coefficient (Wildman–Crippen LogP) is 2.86. The van der Waals surface area contributed by atoms with Crippen LogP contribution in [0.5, 0.6) is 0 Å². The molecule has 1 unspecified atom stereocenters. The fraction of sp³-hybridized carbons (Fsp3) is 0.579. The van der Waals surface area contributed by atoms with Crippen molar-refractivity contribution in [2.24, 2.45) is 4.99 Å². The first kappa shape index (κ1) is 22.4. The molecule has 2 aliphatic heterocycles. The maximum Gasteiger partial charge on any atom is 0.251 e. The lowest BCUT2D eigenvalue weighted by atomic mass is 10.2. The number of piperazine rings is 1. The molecule has 6 nitrogen and oxygen atoms in total. The largest absolute Gasteiger partial charge is 0.368 e. The third-order valence-corrected chi connectivity index (χ3v) is 5.22. The zero-order chi connectivity index (χ0) is 18.4. The highest BCUT2D eigenvalue weighted by atomic mass is 127. The first-order chi connectivity index (χ1) is 12.7. The van der Waals surface area contributed by atoms with Crippen molar-refractivity contribution in [2.75, 3.05) is 39.3 Å². The molecule has 8 heteroatoms. The van der Waals surface area contributed by atoms with Crippen LogP contribution in [0.25, 0.3) is 0 Å². The molecule has 3 rings (SSSR count). The van der Waals surface area contributed by atoms with E-state index in [1.165, 1.54) is 5.56 Å². The van der Waals surface area contributed by atoms with E-state index in [9.17, 15) is 4.79 Å². The number of nitrogens with one attached hydrogen (secondary N) is 1. The average Bonchev–Trinajstić information content (AvgIpc) is 3.19. The minimum atomic E-state index is -0.222. The van der Waals surface area contributed by atoms with Crippen LogP contribution in [0, 0.1) is 0 Å². The molecule has 1 N–H and O–H groups in total. The van der Waals surface area contributed by atoms with Crippen molar-refractivity contribution in [2.45, 2.75) is 32.4 Å². The number of ether oxygens (including phenoxy) is 1. The summed E-state index contributed by atoms with van der Waals surface area (Å²) in [5.41, 5.74) is 1.17. The number of hydrogen-bond acceptors (Lipinski definition) is 3. The number of hydrogen-bond donors (Lipinski definition) is 1. The molecule has 0 aromatic heterocycles. The SMILES string of the molecule is CCNC(=NCc1cccc(Br)c1)N1CCN(C(=O)C2CCCO2)CC1.I. The summed E-state index contributed by atoms with van der Waals surface area (Å²) in [6.45, 7) is 7.28. The van der Waals surface area contributed by atoms with Crippen LogP contribution in [0.15, 0.2) is 33.7 Å². The Bertz CT molecular complexity index is 644. The van der Waals surface area contributed by atoms with Crippen LogP contribution in [0.2, 0.25) is 0 Å². The van der Waals surface area contributed by atoms with E-state index in [1.54, 1.807) is 0 Å². The predicted molar refractivity (Wildman–Crippen MR) is 121 cm³/mol. The maximum absolute atomic E-state index is 12.5. The Morgan fingerprint density at radius 2 is 2.04 bits per heavy atom. The summed E-state index contributed by atoms with van der Waals surface area (Å²) in [6.07, 6.45) is 1.62. The number of rotatable bonds is 4. The fourth-order valence-electron chi connectivity index (χ4n) is 3.34. The summed E-state index contributed by atoms with van der Waals surface area (Å²) in [6, 6.07) is 8.21. The molecular formula is C19H28BrIN4O2. The van der Waals surface area contributed by atoms with Gasteiger partial charge in [-0.2, -0.15) is 0 Å². The number of halogens is 2. The molecule has 0 saturated carbocycles. The lowest BCUT2D eigenvalue weighted by Crippen LogP contribution is -2.55. The number of guanidine groups is 1. The van der Waals surface area contributed by atoms with E-state index in [1.807, 2.05) is 17.0 Å². The van der Waals surface area contributed by atoms with E-state index < -0.39 is 0 Å². The summed E-state index contributed by atoms with van der Waals surface area (Å²) < 4.78 is 6.60. The Labute approximate surface area is 186 Å². The quantitative estimate of drug-likeness (QED) is 0.356. The van der Waals surface area contributed by atoms with E-state index in [4.69, 9.17) is 9.73 Å². The normalized spacial score (nSPS) is 20.4. The van der Waals surface area contributed by atoms with Crippen molar-refractivity contribution in [3.63, 3.8) is 0 Å². The Balaban J connectivity index is 0.00000261. The zero-order valence-corrected chi connectivity index (χ0v) is 19.6. The van der Waals surface area contributed by atoms with Gasteiger partial charge in [-0.3, -0.25) is 4.79 Å². The third kappa shape index (κ3) is 6.32. The number of carbonyl (C=O) groups is 1. The van der Waals surface area contributed by atoms with Crippen molar-refractivity contribution < 1.29 is 9.53 Å². The molecule has 1 atom stereocenters. The monoisotopic (exact) mass is 550 g/mol. The molecule has 2 heterocycles. The van der Waals surface area contributed by atoms with Crippen molar-refractivity contribution in [1.29, 1.82) is 0 Å². The topological polar surface area (TPSA) is 57.2 Å². The summed E-state index contributed by atoms with van der Waals surface area (Å²) in [7, 11) is 0. The molecule has 1 aromatic rings. The van der Waals surface area contributed by atoms with Gasteiger partial charge in [0.2, 0.25) is 0 Å². The summed E-state index contributed by atoms with van der Waals surface area (Å²) in [5.74, 6) is 1.06. The van der Waals surface area contributed by atoms with Gasteiger partial charge in [0.1, 0.15) is 6.10 Å². The molecular weight excluding hydrogens is 523 g/mol. The Kier molecular flexibility index (Phi) is 9.31. The van der Waals surface area contributed by atoms with Crippen molar-refractivity contribution in [1.82, 2.24) is 15.1 Å². The number of aliphatic imine (C=N–C) groups is 1. The van der Waals surface area contributed by atoms with Crippen LogP contribution in [0.3, 0.4) is 0 Å². The Hall–Kier alpha value is -0.870. The summed E-state index contributed by atoms with van der Waals surface area (Å²) in [4.78, 5) is 21.4. The van der Waals surface area contributed by atoms with Crippen molar-refractivity contribution in [3.8, 4) is 0 Å². The smallest absolute Gasteiger partial charge is 0.251 e. The molecule has 1 amide bonds. The highest BCUT2D eigenvalue weighted by Crippen LogP contribution is 2.16. The minimum Gasteiger partial charge on any atom is -0.368 e. The fourth-order valence-corrected chi connectivity index (χ4v) is 3.79. The van der Waals surface area contributed by atoms with Gasteiger partial charge in [-0.05, 0) is 37.5 Å².